The lowest BCUT2D eigenvalue weighted by atomic mass is 10.0. The van der Waals surface area contributed by atoms with E-state index >= 15 is 0 Å². The monoisotopic (exact) mass is 262 g/mol. The van der Waals surface area contributed by atoms with E-state index in [4.69, 9.17) is 5.26 Å². The summed E-state index contributed by atoms with van der Waals surface area (Å²) in [6.07, 6.45) is 2.08. The van der Waals surface area contributed by atoms with Crippen molar-refractivity contribution in [2.75, 3.05) is 5.32 Å². The summed E-state index contributed by atoms with van der Waals surface area (Å²) in [6.45, 7) is 6.33. The topological polar surface area (TPSA) is 91.9 Å². The Morgan fingerprint density at radius 2 is 2.21 bits per heavy atom. The van der Waals surface area contributed by atoms with E-state index < -0.39 is 4.92 Å². The number of pyridine rings is 1. The van der Waals surface area contributed by atoms with E-state index in [2.05, 4.69) is 24.1 Å². The van der Waals surface area contributed by atoms with Crippen LogP contribution < -0.4 is 5.32 Å². The molecular weight excluding hydrogens is 244 g/mol. The summed E-state index contributed by atoms with van der Waals surface area (Å²) in [5.74, 6) is 1.09. The van der Waals surface area contributed by atoms with Gasteiger partial charge in [-0.3, -0.25) is 10.1 Å². The number of nitriles is 1. The first-order valence-electron chi connectivity index (χ1n) is 6.30. The zero-order valence-electron chi connectivity index (χ0n) is 11.4. The van der Waals surface area contributed by atoms with Crippen molar-refractivity contribution in [1.29, 1.82) is 5.26 Å². The predicted octanol–water partition coefficient (Wildman–Crippen LogP) is 3.10. The molecule has 0 fully saturated rings. The molecule has 0 aliphatic carbocycles. The fourth-order valence-corrected chi connectivity index (χ4v) is 1.84. The van der Waals surface area contributed by atoms with Crippen LogP contribution in [0.5, 0.6) is 0 Å². The maximum atomic E-state index is 10.7. The molecule has 0 saturated heterocycles. The van der Waals surface area contributed by atoms with Crippen molar-refractivity contribution in [3.05, 3.63) is 27.9 Å². The Morgan fingerprint density at radius 3 is 2.74 bits per heavy atom. The zero-order chi connectivity index (χ0) is 14.4. The molecule has 2 unspecified atom stereocenters. The van der Waals surface area contributed by atoms with Gasteiger partial charge in [0.15, 0.2) is 0 Å². The Morgan fingerprint density at radius 1 is 1.53 bits per heavy atom. The van der Waals surface area contributed by atoms with Crippen molar-refractivity contribution < 1.29 is 4.92 Å². The molecule has 0 aromatic carbocycles. The quantitative estimate of drug-likeness (QED) is 0.628. The second kappa shape index (κ2) is 6.69. The summed E-state index contributed by atoms with van der Waals surface area (Å²) >= 11 is 0. The van der Waals surface area contributed by atoms with Gasteiger partial charge in [0.25, 0.3) is 0 Å². The lowest BCUT2D eigenvalue weighted by Gasteiger charge is -2.18. The Bertz CT molecular complexity index is 496. The van der Waals surface area contributed by atoms with E-state index in [0.29, 0.717) is 11.7 Å². The summed E-state index contributed by atoms with van der Waals surface area (Å²) in [5.41, 5.74) is -0.423. The van der Waals surface area contributed by atoms with Gasteiger partial charge in [-0.25, -0.2) is 4.98 Å². The SMILES string of the molecule is CCC(C)CC(C)Nc1ccc([N+](=O)[O-])c(C#N)n1. The third-order valence-electron chi connectivity index (χ3n) is 3.02. The highest BCUT2D eigenvalue weighted by Gasteiger charge is 2.16. The van der Waals surface area contributed by atoms with Gasteiger partial charge in [0, 0.05) is 12.1 Å². The predicted molar refractivity (Wildman–Crippen MR) is 72.8 cm³/mol. The number of hydrogen-bond donors (Lipinski definition) is 1. The molecule has 6 heteroatoms. The van der Waals surface area contributed by atoms with E-state index in [9.17, 15) is 10.1 Å². The maximum absolute atomic E-state index is 10.7. The number of anilines is 1. The van der Waals surface area contributed by atoms with Gasteiger partial charge < -0.3 is 5.32 Å². The maximum Gasteiger partial charge on any atom is 0.305 e. The van der Waals surface area contributed by atoms with Crippen molar-refractivity contribution in [2.24, 2.45) is 5.92 Å². The molecule has 2 atom stereocenters. The molecule has 1 rings (SSSR count). The molecule has 0 radical (unpaired) electrons. The summed E-state index contributed by atoms with van der Waals surface area (Å²) in [7, 11) is 0. The summed E-state index contributed by atoms with van der Waals surface area (Å²) < 4.78 is 0. The Kier molecular flexibility index (Phi) is 5.24. The second-order valence-electron chi connectivity index (χ2n) is 4.73. The van der Waals surface area contributed by atoms with Crippen LogP contribution in [0.15, 0.2) is 12.1 Å². The zero-order valence-corrected chi connectivity index (χ0v) is 11.4. The van der Waals surface area contributed by atoms with Gasteiger partial charge in [-0.1, -0.05) is 20.3 Å². The summed E-state index contributed by atoms with van der Waals surface area (Å²) in [5, 5.41) is 22.7. The Balaban J connectivity index is 2.81. The van der Waals surface area contributed by atoms with E-state index in [0.717, 1.165) is 12.8 Å². The first kappa shape index (κ1) is 14.9. The van der Waals surface area contributed by atoms with Crippen LogP contribution in [0.1, 0.15) is 39.3 Å². The van der Waals surface area contributed by atoms with Crippen molar-refractivity contribution in [1.82, 2.24) is 4.98 Å². The highest BCUT2D eigenvalue weighted by atomic mass is 16.6. The van der Waals surface area contributed by atoms with Crippen LogP contribution >= 0.6 is 0 Å². The standard InChI is InChI=1S/C13H18N4O2/c1-4-9(2)7-10(3)15-13-6-5-12(17(18)19)11(8-14)16-13/h5-6,9-10H,4,7H2,1-3H3,(H,15,16). The number of nitrogens with zero attached hydrogens (tertiary/aromatic N) is 3. The number of nitro groups is 1. The average Bonchev–Trinajstić information content (AvgIpc) is 2.37. The molecule has 0 bridgehead atoms. The first-order chi connectivity index (χ1) is 8.97. The van der Waals surface area contributed by atoms with Crippen molar-refractivity contribution in [2.45, 2.75) is 39.7 Å². The molecular formula is C13H18N4O2. The number of aromatic nitrogens is 1. The third kappa shape index (κ3) is 4.21. The molecule has 1 aromatic heterocycles. The van der Waals surface area contributed by atoms with Crippen LogP contribution in [0.4, 0.5) is 11.5 Å². The Labute approximate surface area is 112 Å². The fraction of sp³-hybridized carbons (Fsp3) is 0.538. The molecule has 1 heterocycles. The van der Waals surface area contributed by atoms with Gasteiger partial charge in [-0.15, -0.1) is 0 Å². The van der Waals surface area contributed by atoms with Gasteiger partial charge in [0.05, 0.1) is 4.92 Å². The molecule has 0 amide bonds. The third-order valence-corrected chi connectivity index (χ3v) is 3.02. The number of rotatable bonds is 6. The van der Waals surface area contributed by atoms with Crippen molar-refractivity contribution in [3.8, 4) is 6.07 Å². The number of nitrogens with one attached hydrogen (secondary N) is 1. The van der Waals surface area contributed by atoms with Gasteiger partial charge in [-0.05, 0) is 25.3 Å². The van der Waals surface area contributed by atoms with Crippen LogP contribution in [0.3, 0.4) is 0 Å². The highest BCUT2D eigenvalue weighted by molar-refractivity contribution is 5.50. The van der Waals surface area contributed by atoms with Crippen LogP contribution in [0.25, 0.3) is 0 Å². The van der Waals surface area contributed by atoms with Crippen molar-refractivity contribution in [3.63, 3.8) is 0 Å². The fourth-order valence-electron chi connectivity index (χ4n) is 1.84. The van der Waals surface area contributed by atoms with Crippen LogP contribution in [0, 0.1) is 27.4 Å². The van der Waals surface area contributed by atoms with Gasteiger partial charge in [0.2, 0.25) is 5.69 Å². The van der Waals surface area contributed by atoms with E-state index in [-0.39, 0.29) is 17.4 Å². The first-order valence-corrected chi connectivity index (χ1v) is 6.30. The number of hydrogen-bond acceptors (Lipinski definition) is 5. The van der Waals surface area contributed by atoms with Gasteiger partial charge >= 0.3 is 5.69 Å². The molecule has 0 aliphatic heterocycles. The van der Waals surface area contributed by atoms with E-state index in [1.807, 2.05) is 6.92 Å². The molecule has 102 valence electrons. The lowest BCUT2D eigenvalue weighted by Crippen LogP contribution is -2.19. The average molecular weight is 262 g/mol. The molecule has 1 aromatic rings. The molecule has 19 heavy (non-hydrogen) atoms. The van der Waals surface area contributed by atoms with Crippen LogP contribution in [-0.4, -0.2) is 15.9 Å². The molecule has 0 spiro atoms. The molecule has 0 saturated carbocycles. The van der Waals surface area contributed by atoms with Crippen LogP contribution in [0.2, 0.25) is 0 Å². The molecule has 1 N–H and O–H groups in total. The van der Waals surface area contributed by atoms with E-state index in [1.54, 1.807) is 6.07 Å². The normalized spacial score (nSPS) is 13.4. The minimum Gasteiger partial charge on any atom is -0.368 e. The molecule has 6 nitrogen and oxygen atoms in total. The second-order valence-corrected chi connectivity index (χ2v) is 4.73. The Hall–Kier alpha value is -2.16. The van der Waals surface area contributed by atoms with Crippen molar-refractivity contribution >= 4 is 11.5 Å². The van der Waals surface area contributed by atoms with E-state index in [1.165, 1.54) is 12.1 Å². The minimum atomic E-state index is -0.599. The minimum absolute atomic E-state index is 0.161. The summed E-state index contributed by atoms with van der Waals surface area (Å²) in [4.78, 5) is 14.1. The summed E-state index contributed by atoms with van der Waals surface area (Å²) in [6, 6.07) is 4.80. The molecule has 0 aliphatic rings. The largest absolute Gasteiger partial charge is 0.368 e. The van der Waals surface area contributed by atoms with Crippen LogP contribution in [-0.2, 0) is 0 Å². The highest BCUT2D eigenvalue weighted by Crippen LogP contribution is 2.19. The van der Waals surface area contributed by atoms with Gasteiger partial charge in [0.1, 0.15) is 11.9 Å². The smallest absolute Gasteiger partial charge is 0.305 e. The van der Waals surface area contributed by atoms with Gasteiger partial charge in [-0.2, -0.15) is 5.26 Å². The lowest BCUT2D eigenvalue weighted by molar-refractivity contribution is -0.385.